The minimum absolute atomic E-state index is 0.0843. The predicted molar refractivity (Wildman–Crippen MR) is 96.7 cm³/mol. The Morgan fingerprint density at radius 3 is 2.76 bits per heavy atom. The van der Waals surface area contributed by atoms with Crippen LogP contribution in [0.5, 0.6) is 0 Å². The van der Waals surface area contributed by atoms with Crippen molar-refractivity contribution >= 4 is 0 Å². The van der Waals surface area contributed by atoms with Crippen LogP contribution in [0.1, 0.15) is 25.0 Å². The molecule has 1 unspecified atom stereocenters. The highest BCUT2D eigenvalue weighted by Crippen LogP contribution is 2.31. The van der Waals surface area contributed by atoms with Crippen molar-refractivity contribution in [2.75, 3.05) is 59.1 Å². The van der Waals surface area contributed by atoms with Gasteiger partial charge < -0.3 is 14.4 Å². The summed E-state index contributed by atoms with van der Waals surface area (Å²) in [6.45, 7) is 12.5. The van der Waals surface area contributed by atoms with Gasteiger partial charge in [-0.1, -0.05) is 0 Å². The molecule has 4 rings (SSSR count). The molecule has 1 spiro atoms. The van der Waals surface area contributed by atoms with Gasteiger partial charge in [0.05, 0.1) is 31.1 Å². The van der Waals surface area contributed by atoms with E-state index in [1.165, 1.54) is 26.1 Å². The summed E-state index contributed by atoms with van der Waals surface area (Å²) in [5.41, 5.74) is 1.18. The molecule has 3 saturated heterocycles. The summed E-state index contributed by atoms with van der Waals surface area (Å²) < 4.78 is 13.9. The van der Waals surface area contributed by atoms with Crippen molar-refractivity contribution in [3.05, 3.63) is 18.0 Å². The zero-order valence-electron chi connectivity index (χ0n) is 15.5. The quantitative estimate of drug-likeness (QED) is 0.805. The molecule has 3 aliphatic heterocycles. The molecule has 0 N–H and O–H groups in total. The van der Waals surface area contributed by atoms with Gasteiger partial charge in [0.25, 0.3) is 0 Å². The molecule has 0 aromatic carbocycles. The maximum absolute atomic E-state index is 6.30. The van der Waals surface area contributed by atoms with Crippen LogP contribution in [0.4, 0.5) is 0 Å². The maximum Gasteiger partial charge on any atom is 0.0833 e. The van der Waals surface area contributed by atoms with Gasteiger partial charge in [-0.2, -0.15) is 5.10 Å². The molecule has 0 aliphatic carbocycles. The molecular weight excluding hydrogens is 316 g/mol. The van der Waals surface area contributed by atoms with Gasteiger partial charge in [-0.15, -0.1) is 0 Å². The molecular formula is C19H32N4O2. The summed E-state index contributed by atoms with van der Waals surface area (Å²) >= 11 is 0. The van der Waals surface area contributed by atoms with E-state index in [2.05, 4.69) is 31.8 Å². The summed E-state index contributed by atoms with van der Waals surface area (Å²) in [5.74, 6) is 0.746. The molecule has 3 fully saturated rings. The number of ether oxygens (including phenoxy) is 2. The van der Waals surface area contributed by atoms with E-state index < -0.39 is 0 Å². The van der Waals surface area contributed by atoms with Gasteiger partial charge in [-0.05, 0) is 38.2 Å². The van der Waals surface area contributed by atoms with Gasteiger partial charge in [-0.25, -0.2) is 0 Å². The number of likely N-dealkylation sites (tertiary alicyclic amines) is 1. The summed E-state index contributed by atoms with van der Waals surface area (Å²) in [6.07, 6.45) is 5.64. The first-order valence-electron chi connectivity index (χ1n) is 9.87. The van der Waals surface area contributed by atoms with Crippen molar-refractivity contribution in [1.29, 1.82) is 0 Å². The van der Waals surface area contributed by atoms with Crippen LogP contribution in [0, 0.1) is 12.8 Å². The van der Waals surface area contributed by atoms with Crippen LogP contribution < -0.4 is 0 Å². The fraction of sp³-hybridized carbons (Fsp3) is 0.842. The number of hydrogen-bond donors (Lipinski definition) is 0. The van der Waals surface area contributed by atoms with Crippen LogP contribution in [0.2, 0.25) is 0 Å². The number of piperidine rings is 1. The first kappa shape index (κ1) is 17.5. The molecule has 6 heteroatoms. The Morgan fingerprint density at radius 2 is 2.04 bits per heavy atom. The summed E-state index contributed by atoms with van der Waals surface area (Å²) in [4.78, 5) is 5.19. The zero-order chi connectivity index (χ0) is 17.1. The fourth-order valence-electron chi connectivity index (χ4n) is 4.48. The molecule has 140 valence electrons. The smallest absolute Gasteiger partial charge is 0.0833 e. The summed E-state index contributed by atoms with van der Waals surface area (Å²) in [5, 5.41) is 4.50. The lowest BCUT2D eigenvalue weighted by Crippen LogP contribution is -2.57. The van der Waals surface area contributed by atoms with Gasteiger partial charge in [0.1, 0.15) is 0 Å². The summed E-state index contributed by atoms with van der Waals surface area (Å²) in [6, 6.07) is 2.08. The minimum atomic E-state index is 0.0843. The Kier molecular flexibility index (Phi) is 5.41. The van der Waals surface area contributed by atoms with Crippen LogP contribution in [0.3, 0.4) is 0 Å². The van der Waals surface area contributed by atoms with Crippen LogP contribution in [-0.2, 0) is 16.0 Å². The average molecular weight is 348 g/mol. The van der Waals surface area contributed by atoms with Crippen molar-refractivity contribution in [3.63, 3.8) is 0 Å². The molecule has 3 aliphatic rings. The van der Waals surface area contributed by atoms with Gasteiger partial charge in [0.2, 0.25) is 0 Å². The first-order valence-corrected chi connectivity index (χ1v) is 9.87. The Bertz CT molecular complexity index is 547. The molecule has 1 atom stereocenters. The molecule has 1 aromatic heterocycles. The van der Waals surface area contributed by atoms with Crippen LogP contribution in [0.25, 0.3) is 0 Å². The maximum atomic E-state index is 6.30. The van der Waals surface area contributed by atoms with Crippen molar-refractivity contribution in [3.8, 4) is 0 Å². The lowest BCUT2D eigenvalue weighted by atomic mass is 9.88. The Balaban J connectivity index is 1.24. The van der Waals surface area contributed by atoms with Gasteiger partial charge >= 0.3 is 0 Å². The van der Waals surface area contributed by atoms with E-state index in [1.54, 1.807) is 0 Å². The predicted octanol–water partition coefficient (Wildman–Crippen LogP) is 1.39. The highest BCUT2D eigenvalue weighted by molar-refractivity contribution is 4.95. The number of aryl methyl sites for hydroxylation is 1. The lowest BCUT2D eigenvalue weighted by Gasteiger charge is -2.47. The van der Waals surface area contributed by atoms with E-state index in [0.29, 0.717) is 0 Å². The lowest BCUT2D eigenvalue weighted by molar-refractivity contribution is -0.136. The number of rotatable bonds is 5. The van der Waals surface area contributed by atoms with Crippen molar-refractivity contribution < 1.29 is 9.47 Å². The van der Waals surface area contributed by atoms with Crippen LogP contribution in [0.15, 0.2) is 12.3 Å². The largest absolute Gasteiger partial charge is 0.381 e. The first-order chi connectivity index (χ1) is 12.2. The second-order valence-electron chi connectivity index (χ2n) is 8.06. The SMILES string of the molecule is Cc1ccn(CCN2CCOC3(CCN(CC4CCOC4)CC3)C2)n1. The molecule has 0 saturated carbocycles. The van der Waals surface area contributed by atoms with Crippen molar-refractivity contribution in [2.24, 2.45) is 5.92 Å². The highest BCUT2D eigenvalue weighted by atomic mass is 16.5. The molecule has 6 nitrogen and oxygen atoms in total. The van der Waals surface area contributed by atoms with Gasteiger partial charge in [0.15, 0.2) is 0 Å². The zero-order valence-corrected chi connectivity index (χ0v) is 15.5. The van der Waals surface area contributed by atoms with E-state index in [9.17, 15) is 0 Å². The Hall–Kier alpha value is -0.950. The van der Waals surface area contributed by atoms with Crippen molar-refractivity contribution in [2.45, 2.75) is 38.3 Å². The molecule has 0 amide bonds. The van der Waals surface area contributed by atoms with E-state index in [1.807, 2.05) is 6.92 Å². The number of aromatic nitrogens is 2. The number of nitrogens with zero attached hydrogens (tertiary/aromatic N) is 4. The summed E-state index contributed by atoms with van der Waals surface area (Å²) in [7, 11) is 0. The van der Waals surface area contributed by atoms with Crippen molar-refractivity contribution in [1.82, 2.24) is 19.6 Å². The van der Waals surface area contributed by atoms with Crippen LogP contribution in [-0.4, -0.2) is 84.3 Å². The number of morpholine rings is 1. The average Bonchev–Trinajstić information content (AvgIpc) is 3.27. The highest BCUT2D eigenvalue weighted by Gasteiger charge is 2.39. The monoisotopic (exact) mass is 348 g/mol. The molecule has 0 radical (unpaired) electrons. The molecule has 25 heavy (non-hydrogen) atoms. The molecule has 0 bridgehead atoms. The standard InChI is InChI=1S/C19H32N4O2/c1-17-2-6-23(20-17)10-9-22-11-13-25-19(16-22)4-7-21(8-5-19)14-18-3-12-24-15-18/h2,6,18H,3-5,7-16H2,1H3. The van der Waals surface area contributed by atoms with E-state index in [4.69, 9.17) is 9.47 Å². The molecule has 4 heterocycles. The van der Waals surface area contributed by atoms with E-state index in [-0.39, 0.29) is 5.60 Å². The number of hydrogen-bond acceptors (Lipinski definition) is 5. The third kappa shape index (κ3) is 4.42. The third-order valence-electron chi connectivity index (χ3n) is 6.05. The second kappa shape index (κ2) is 7.74. The second-order valence-corrected chi connectivity index (χ2v) is 8.06. The van der Waals surface area contributed by atoms with E-state index in [0.717, 1.165) is 70.5 Å². The Labute approximate surface area is 151 Å². The van der Waals surface area contributed by atoms with E-state index >= 15 is 0 Å². The van der Waals surface area contributed by atoms with Gasteiger partial charge in [0, 0.05) is 52.1 Å². The Morgan fingerprint density at radius 1 is 1.16 bits per heavy atom. The molecule has 1 aromatic rings. The topological polar surface area (TPSA) is 42.8 Å². The minimum Gasteiger partial charge on any atom is -0.381 e. The van der Waals surface area contributed by atoms with Crippen LogP contribution >= 0.6 is 0 Å². The third-order valence-corrected chi connectivity index (χ3v) is 6.05. The normalized spacial score (nSPS) is 28.0. The fourth-order valence-corrected chi connectivity index (χ4v) is 4.48. The van der Waals surface area contributed by atoms with Gasteiger partial charge in [-0.3, -0.25) is 9.58 Å².